The molecule has 4 N–H and O–H groups in total. The first-order chi connectivity index (χ1) is 27.3. The average molecular weight is 767 g/mol. The first-order valence-electron chi connectivity index (χ1n) is 19.9. The van der Waals surface area contributed by atoms with E-state index < -0.39 is 35.4 Å². The lowest BCUT2D eigenvalue weighted by Gasteiger charge is -2.36. The number of anilines is 2. The van der Waals surface area contributed by atoms with E-state index in [-0.39, 0.29) is 35.2 Å². The molecule has 0 radical (unpaired) electrons. The van der Waals surface area contributed by atoms with Crippen molar-refractivity contribution < 1.29 is 22.0 Å². The Morgan fingerprint density at radius 1 is 0.571 bits per heavy atom. The van der Waals surface area contributed by atoms with Crippen LogP contribution in [-0.2, 0) is 0 Å². The number of imidazole rings is 2. The number of H-pyrrole nitrogens is 2. The molecule has 0 spiro atoms. The minimum atomic E-state index is -0.735. The smallest absolute Gasteiger partial charge is 0.151 e. The number of fused-ring (bicyclic) bond motifs is 2. The van der Waals surface area contributed by atoms with E-state index >= 15 is 17.6 Å². The Hall–Kier alpha value is -5.01. The van der Waals surface area contributed by atoms with E-state index in [1.54, 1.807) is 34.1 Å². The molecule has 4 aliphatic rings. The molecular weight excluding hydrogens is 724 g/mol. The molecule has 6 aromatic rings. The molecule has 13 heteroatoms. The van der Waals surface area contributed by atoms with Gasteiger partial charge in [-0.15, -0.1) is 0 Å². The predicted octanol–water partition coefficient (Wildman–Crippen LogP) is 9.45. The van der Waals surface area contributed by atoms with Crippen molar-refractivity contribution in [3.8, 4) is 0 Å². The molecule has 4 aliphatic heterocycles. The molecule has 8 nitrogen and oxygen atoms in total. The van der Waals surface area contributed by atoms with Gasteiger partial charge in [-0.3, -0.25) is 0 Å². The molecule has 4 atom stereocenters. The summed E-state index contributed by atoms with van der Waals surface area (Å²) in [6.45, 7) is 2.62. The summed E-state index contributed by atoms with van der Waals surface area (Å²) in [6, 6.07) is 14.2. The Morgan fingerprint density at radius 2 is 1.09 bits per heavy atom. The summed E-state index contributed by atoms with van der Waals surface area (Å²) in [5.74, 6) is -1.08. The largest absolute Gasteiger partial charge is 0.367 e. The number of halogens is 5. The highest BCUT2D eigenvalue weighted by Gasteiger charge is 2.40. The van der Waals surface area contributed by atoms with Gasteiger partial charge in [0.25, 0.3) is 0 Å². The normalized spacial score (nSPS) is 23.4. The van der Waals surface area contributed by atoms with Crippen LogP contribution in [-0.4, -0.2) is 46.1 Å². The van der Waals surface area contributed by atoms with Crippen molar-refractivity contribution in [2.45, 2.75) is 81.5 Å². The third-order valence-electron chi connectivity index (χ3n) is 12.6. The summed E-state index contributed by atoms with van der Waals surface area (Å²) in [5, 5.41) is 6.85. The van der Waals surface area contributed by atoms with Crippen LogP contribution in [0.3, 0.4) is 0 Å². The van der Waals surface area contributed by atoms with Crippen LogP contribution in [0.4, 0.5) is 33.3 Å². The van der Waals surface area contributed by atoms with Crippen molar-refractivity contribution >= 4 is 33.4 Å². The lowest BCUT2D eigenvalue weighted by Crippen LogP contribution is -2.34. The highest BCUT2D eigenvalue weighted by atomic mass is 19.1. The molecule has 4 saturated heterocycles. The van der Waals surface area contributed by atoms with Crippen LogP contribution in [0.5, 0.6) is 0 Å². The summed E-state index contributed by atoms with van der Waals surface area (Å²) in [7, 11) is 0. The lowest BCUT2D eigenvalue weighted by atomic mass is 9.89. The second kappa shape index (κ2) is 14.2. The summed E-state index contributed by atoms with van der Waals surface area (Å²) in [5.41, 5.74) is 4.14. The zero-order valence-corrected chi connectivity index (χ0v) is 30.8. The van der Waals surface area contributed by atoms with Gasteiger partial charge >= 0.3 is 0 Å². The summed E-state index contributed by atoms with van der Waals surface area (Å²) in [4.78, 5) is 19.6. The third kappa shape index (κ3) is 6.28. The Balaban J connectivity index is 1.02. The molecule has 4 fully saturated rings. The van der Waals surface area contributed by atoms with Crippen LogP contribution < -0.4 is 20.4 Å². The molecule has 0 saturated carbocycles. The van der Waals surface area contributed by atoms with Gasteiger partial charge in [-0.05, 0) is 112 Å². The van der Waals surface area contributed by atoms with Crippen LogP contribution in [0, 0.1) is 29.1 Å². The SMILES string of the molecule is Fc1ccc(C2CCN(c3c(F)cc(N4[C@@H](c5cc6[nH]c([C@@H]7CCCN7)nc6cc5F)CC[C@H]4c4cc5[nH]c([C@@H]6CCCN6)nc5cc4F)cc3F)CC2)cc1. The molecular formula is C43H43F5N8. The predicted molar refractivity (Wildman–Crippen MR) is 206 cm³/mol. The molecule has 290 valence electrons. The zero-order chi connectivity index (χ0) is 38.1. The molecule has 4 aromatic carbocycles. The fourth-order valence-electron chi connectivity index (χ4n) is 9.77. The minimum Gasteiger partial charge on any atom is -0.367 e. The first-order valence-corrected chi connectivity index (χ1v) is 19.9. The van der Waals surface area contributed by atoms with Crippen LogP contribution >= 0.6 is 0 Å². The number of hydrogen-bond acceptors (Lipinski definition) is 6. The van der Waals surface area contributed by atoms with Gasteiger partial charge < -0.3 is 30.4 Å². The monoisotopic (exact) mass is 766 g/mol. The average Bonchev–Trinajstić information content (AvgIpc) is 4.04. The fourth-order valence-corrected chi connectivity index (χ4v) is 9.77. The van der Waals surface area contributed by atoms with Crippen LogP contribution in [0.25, 0.3) is 22.1 Å². The molecule has 6 heterocycles. The van der Waals surface area contributed by atoms with Gasteiger partial charge in [0.2, 0.25) is 0 Å². The highest BCUT2D eigenvalue weighted by molar-refractivity contribution is 5.78. The van der Waals surface area contributed by atoms with Gasteiger partial charge in [-0.1, -0.05) is 12.1 Å². The maximum atomic E-state index is 16.4. The second-order valence-electron chi connectivity index (χ2n) is 15.9. The topological polar surface area (TPSA) is 87.9 Å². The number of aromatic nitrogens is 4. The van der Waals surface area contributed by atoms with Crippen molar-refractivity contribution in [3.63, 3.8) is 0 Å². The van der Waals surface area contributed by atoms with Gasteiger partial charge in [0.15, 0.2) is 11.6 Å². The first kappa shape index (κ1) is 35.4. The molecule has 10 rings (SSSR count). The number of rotatable bonds is 7. The summed E-state index contributed by atoms with van der Waals surface area (Å²) < 4.78 is 78.9. The Kier molecular flexibility index (Phi) is 8.96. The number of aromatic amines is 2. The van der Waals surface area contributed by atoms with Gasteiger partial charge in [0, 0.05) is 42.0 Å². The number of hydrogen-bond donors (Lipinski definition) is 4. The quantitative estimate of drug-likeness (QED) is 0.121. The van der Waals surface area contributed by atoms with Crippen molar-refractivity contribution in [2.75, 3.05) is 36.0 Å². The fraction of sp³-hybridized carbons (Fsp3) is 0.395. The van der Waals surface area contributed by atoms with Crippen molar-refractivity contribution in [1.29, 1.82) is 0 Å². The molecule has 56 heavy (non-hydrogen) atoms. The van der Waals surface area contributed by atoms with Gasteiger partial charge in [-0.2, -0.15) is 0 Å². The van der Waals surface area contributed by atoms with Crippen molar-refractivity contribution in [3.05, 3.63) is 118 Å². The zero-order valence-electron chi connectivity index (χ0n) is 30.8. The Bertz CT molecular complexity index is 2280. The van der Waals surface area contributed by atoms with Crippen molar-refractivity contribution in [1.82, 2.24) is 30.6 Å². The van der Waals surface area contributed by atoms with E-state index in [0.29, 0.717) is 72.0 Å². The van der Waals surface area contributed by atoms with E-state index in [4.69, 9.17) is 0 Å². The third-order valence-corrected chi connectivity index (χ3v) is 12.6. The Labute approximate surface area is 320 Å². The summed E-state index contributed by atoms with van der Waals surface area (Å²) in [6.07, 6.45) is 6.05. The number of nitrogens with zero attached hydrogens (tertiary/aromatic N) is 4. The van der Waals surface area contributed by atoms with E-state index in [1.165, 1.54) is 36.4 Å². The summed E-state index contributed by atoms with van der Waals surface area (Å²) >= 11 is 0. The highest BCUT2D eigenvalue weighted by Crippen LogP contribution is 2.50. The number of benzene rings is 4. The maximum absolute atomic E-state index is 16.4. The minimum absolute atomic E-state index is 0.0600. The lowest BCUT2D eigenvalue weighted by molar-refractivity contribution is 0.485. The van der Waals surface area contributed by atoms with Crippen LogP contribution in [0.1, 0.15) is 110 Å². The molecule has 0 amide bonds. The maximum Gasteiger partial charge on any atom is 0.151 e. The molecule has 0 bridgehead atoms. The van der Waals surface area contributed by atoms with Gasteiger partial charge in [-0.25, -0.2) is 31.9 Å². The second-order valence-corrected chi connectivity index (χ2v) is 15.9. The van der Waals surface area contributed by atoms with Crippen LogP contribution in [0.15, 0.2) is 60.7 Å². The molecule has 0 unspecified atom stereocenters. The number of nitrogens with one attached hydrogen (secondary N) is 4. The van der Waals surface area contributed by atoms with E-state index in [2.05, 4.69) is 30.6 Å². The van der Waals surface area contributed by atoms with E-state index in [1.807, 2.05) is 0 Å². The van der Waals surface area contributed by atoms with E-state index in [0.717, 1.165) is 56.0 Å². The molecule has 0 aliphatic carbocycles. The van der Waals surface area contributed by atoms with Crippen LogP contribution in [0.2, 0.25) is 0 Å². The number of piperidine rings is 1. The van der Waals surface area contributed by atoms with E-state index in [9.17, 15) is 4.39 Å². The van der Waals surface area contributed by atoms with Gasteiger partial charge in [0.1, 0.15) is 34.8 Å². The molecule has 2 aromatic heterocycles. The standard InChI is InChI=1S/C43H43F5N8/c44-25-7-5-23(6-8-25)24-11-15-55(16-12-24)41-31(47)17-26(18-32(41)48)56-39(27-19-35-37(21-29(27)45)53-42(51-35)33-3-1-13-49-33)9-10-40(56)28-20-36-38(22-30(28)46)54-43(52-36)34-4-2-14-50-34/h5-8,17-22,24,33-34,39-40,49-50H,1-4,9-16H2,(H,51,53)(H,52,54)/t33-,34-,39-,40+/m0/s1. The van der Waals surface area contributed by atoms with Crippen molar-refractivity contribution in [2.24, 2.45) is 0 Å². The van der Waals surface area contributed by atoms with Gasteiger partial charge in [0.05, 0.1) is 46.2 Å². The Morgan fingerprint density at radius 3 is 1.57 bits per heavy atom.